The number of Topliss-reactive ketones (excluding diaryl/α,β-unsaturated/α-hetero) is 1. The molecule has 1 atom stereocenters. The van der Waals surface area contributed by atoms with E-state index in [2.05, 4.69) is 0 Å². The van der Waals surface area contributed by atoms with Crippen molar-refractivity contribution in [1.82, 2.24) is 4.90 Å². The first-order chi connectivity index (χ1) is 10.8. The summed E-state index contributed by atoms with van der Waals surface area (Å²) >= 11 is 0. The highest BCUT2D eigenvalue weighted by molar-refractivity contribution is 5.99. The number of amides is 1. The average molecular weight is 317 g/mol. The number of benzene rings is 1. The van der Waals surface area contributed by atoms with Crippen molar-refractivity contribution in [3.63, 3.8) is 0 Å². The molecule has 1 fully saturated rings. The Morgan fingerprint density at radius 3 is 2.57 bits per heavy atom. The smallest absolute Gasteiger partial charge is 0.329 e. The predicted octanol–water partition coefficient (Wildman–Crippen LogP) is 2.73. The number of likely N-dealkylation sites (tertiary alicyclic amines) is 1. The van der Waals surface area contributed by atoms with Gasteiger partial charge in [0, 0.05) is 24.9 Å². The van der Waals surface area contributed by atoms with Crippen LogP contribution in [0.15, 0.2) is 18.2 Å². The Morgan fingerprint density at radius 1 is 1.22 bits per heavy atom. The lowest BCUT2D eigenvalue weighted by Gasteiger charge is -2.31. The molecular formula is C18H23NO4. The van der Waals surface area contributed by atoms with E-state index >= 15 is 0 Å². The average Bonchev–Trinajstić information content (AvgIpc) is 2.90. The molecule has 0 radical (unpaired) electrons. The molecule has 23 heavy (non-hydrogen) atoms. The topological polar surface area (TPSA) is 74.7 Å². The van der Waals surface area contributed by atoms with Gasteiger partial charge in [-0.2, -0.15) is 0 Å². The highest BCUT2D eigenvalue weighted by Crippen LogP contribution is 2.30. The molecule has 1 aliphatic heterocycles. The number of rotatable bonds is 5. The molecule has 1 aliphatic rings. The molecule has 1 amide bonds. The van der Waals surface area contributed by atoms with Crippen LogP contribution in [0.4, 0.5) is 0 Å². The van der Waals surface area contributed by atoms with E-state index in [4.69, 9.17) is 0 Å². The van der Waals surface area contributed by atoms with Crippen LogP contribution in [0.3, 0.4) is 0 Å². The number of aliphatic carboxylic acids is 1. The largest absolute Gasteiger partial charge is 0.480 e. The second kappa shape index (κ2) is 6.52. The summed E-state index contributed by atoms with van der Waals surface area (Å²) < 4.78 is 0. The Hall–Kier alpha value is -2.17. The maximum atomic E-state index is 12.4. The molecule has 1 N–H and O–H groups in total. The number of carboxylic acids is 1. The van der Waals surface area contributed by atoms with Crippen molar-refractivity contribution < 1.29 is 19.5 Å². The molecule has 0 aliphatic carbocycles. The summed E-state index contributed by atoms with van der Waals surface area (Å²) in [4.78, 5) is 37.5. The van der Waals surface area contributed by atoms with Crippen LogP contribution in [-0.2, 0) is 9.59 Å². The monoisotopic (exact) mass is 317 g/mol. The number of carbonyl (C=O) groups excluding carboxylic acids is 2. The van der Waals surface area contributed by atoms with Gasteiger partial charge in [0.2, 0.25) is 5.91 Å². The van der Waals surface area contributed by atoms with Crippen LogP contribution < -0.4 is 0 Å². The van der Waals surface area contributed by atoms with E-state index in [0.717, 1.165) is 11.1 Å². The molecular weight excluding hydrogens is 294 g/mol. The number of carboxylic acid groups (broad SMARTS) is 1. The summed E-state index contributed by atoms with van der Waals surface area (Å²) in [6, 6.07) is 5.67. The summed E-state index contributed by atoms with van der Waals surface area (Å²) in [6.45, 7) is 5.81. The molecule has 5 nitrogen and oxygen atoms in total. The van der Waals surface area contributed by atoms with E-state index < -0.39 is 11.5 Å². The van der Waals surface area contributed by atoms with Crippen LogP contribution >= 0.6 is 0 Å². The van der Waals surface area contributed by atoms with Crippen LogP contribution in [-0.4, -0.2) is 39.7 Å². The molecule has 0 saturated carbocycles. The van der Waals surface area contributed by atoms with Gasteiger partial charge >= 0.3 is 5.97 Å². The lowest BCUT2D eigenvalue weighted by Crippen LogP contribution is -2.50. The first-order valence-electron chi connectivity index (χ1n) is 7.90. The molecule has 1 aromatic rings. The highest BCUT2D eigenvalue weighted by atomic mass is 16.4. The summed E-state index contributed by atoms with van der Waals surface area (Å²) in [5.41, 5.74) is 1.40. The normalized spacial score (nSPS) is 20.6. The van der Waals surface area contributed by atoms with Gasteiger partial charge in [-0.05, 0) is 45.2 Å². The van der Waals surface area contributed by atoms with Gasteiger partial charge in [-0.1, -0.05) is 17.7 Å². The van der Waals surface area contributed by atoms with Gasteiger partial charge < -0.3 is 10.0 Å². The summed E-state index contributed by atoms with van der Waals surface area (Å²) in [7, 11) is 0. The third kappa shape index (κ3) is 3.44. The first kappa shape index (κ1) is 17.2. The number of hydrogen-bond donors (Lipinski definition) is 1. The highest BCUT2D eigenvalue weighted by Gasteiger charge is 2.45. The van der Waals surface area contributed by atoms with Crippen LogP contribution in [0, 0.1) is 13.8 Å². The molecule has 5 heteroatoms. The lowest BCUT2D eigenvalue weighted by molar-refractivity contribution is -0.155. The van der Waals surface area contributed by atoms with E-state index in [1.807, 2.05) is 32.0 Å². The number of hydrogen-bond acceptors (Lipinski definition) is 3. The summed E-state index contributed by atoms with van der Waals surface area (Å²) in [6.07, 6.45) is 1.29. The van der Waals surface area contributed by atoms with E-state index in [1.165, 1.54) is 4.90 Å². The number of ketones is 1. The fourth-order valence-corrected chi connectivity index (χ4v) is 3.11. The Morgan fingerprint density at radius 2 is 1.91 bits per heavy atom. The number of carbonyl (C=O) groups is 3. The first-order valence-corrected chi connectivity index (χ1v) is 7.90. The molecule has 1 heterocycles. The SMILES string of the molecule is Cc1ccc(C)c(C(=O)CCC(=O)N2CCCC2(C)C(=O)O)c1. The molecule has 2 rings (SSSR count). The quantitative estimate of drug-likeness (QED) is 0.847. The second-order valence-corrected chi connectivity index (χ2v) is 6.47. The molecule has 0 spiro atoms. The van der Waals surface area contributed by atoms with Gasteiger partial charge in [0.25, 0.3) is 0 Å². The van der Waals surface area contributed by atoms with Crippen LogP contribution in [0.25, 0.3) is 0 Å². The molecule has 0 bridgehead atoms. The van der Waals surface area contributed by atoms with Gasteiger partial charge in [0.15, 0.2) is 5.78 Å². The van der Waals surface area contributed by atoms with Crippen molar-refractivity contribution in [1.29, 1.82) is 0 Å². The fourth-order valence-electron chi connectivity index (χ4n) is 3.11. The predicted molar refractivity (Wildman–Crippen MR) is 86.5 cm³/mol. The van der Waals surface area contributed by atoms with Crippen LogP contribution in [0.5, 0.6) is 0 Å². The van der Waals surface area contributed by atoms with E-state index in [-0.39, 0.29) is 24.5 Å². The minimum atomic E-state index is -1.14. The fraction of sp³-hybridized carbons (Fsp3) is 0.500. The van der Waals surface area contributed by atoms with E-state index in [1.54, 1.807) is 6.92 Å². The number of nitrogens with zero attached hydrogens (tertiary/aromatic N) is 1. The third-order valence-electron chi connectivity index (χ3n) is 4.66. The number of aryl methyl sites for hydroxylation is 2. The molecule has 1 unspecified atom stereocenters. The molecule has 0 aromatic heterocycles. The van der Waals surface area contributed by atoms with Crippen molar-refractivity contribution in [3.8, 4) is 0 Å². The zero-order valence-corrected chi connectivity index (χ0v) is 13.9. The molecule has 124 valence electrons. The maximum absolute atomic E-state index is 12.4. The Bertz CT molecular complexity index is 652. The van der Waals surface area contributed by atoms with Gasteiger partial charge in [0.1, 0.15) is 5.54 Å². The van der Waals surface area contributed by atoms with Gasteiger partial charge in [0.05, 0.1) is 0 Å². The standard InChI is InChI=1S/C18H23NO4/c1-12-5-6-13(2)14(11-12)15(20)7-8-16(21)19-10-4-9-18(19,3)17(22)23/h5-6,11H,4,7-10H2,1-3H3,(H,22,23). The zero-order chi connectivity index (χ0) is 17.2. The van der Waals surface area contributed by atoms with E-state index in [0.29, 0.717) is 24.9 Å². The summed E-state index contributed by atoms with van der Waals surface area (Å²) in [5, 5.41) is 9.35. The molecule has 1 aromatic carbocycles. The van der Waals surface area contributed by atoms with Gasteiger partial charge in [-0.25, -0.2) is 4.79 Å². The maximum Gasteiger partial charge on any atom is 0.329 e. The minimum Gasteiger partial charge on any atom is -0.480 e. The van der Waals surface area contributed by atoms with E-state index in [9.17, 15) is 19.5 Å². The summed E-state index contributed by atoms with van der Waals surface area (Å²) in [5.74, 6) is -1.31. The Kier molecular flexibility index (Phi) is 4.88. The van der Waals surface area contributed by atoms with Crippen LogP contribution in [0.2, 0.25) is 0 Å². The Labute approximate surface area is 136 Å². The van der Waals surface area contributed by atoms with Crippen LogP contribution in [0.1, 0.15) is 54.1 Å². The van der Waals surface area contributed by atoms with Crippen molar-refractivity contribution in [2.75, 3.05) is 6.54 Å². The van der Waals surface area contributed by atoms with Crippen molar-refractivity contribution in [2.45, 2.75) is 52.0 Å². The third-order valence-corrected chi connectivity index (χ3v) is 4.66. The van der Waals surface area contributed by atoms with Gasteiger partial charge in [-0.15, -0.1) is 0 Å². The lowest BCUT2D eigenvalue weighted by atomic mass is 9.97. The molecule has 1 saturated heterocycles. The Balaban J connectivity index is 2.03. The minimum absolute atomic E-state index is 0.0507. The van der Waals surface area contributed by atoms with Crippen molar-refractivity contribution in [3.05, 3.63) is 34.9 Å². The van der Waals surface area contributed by atoms with Crippen molar-refractivity contribution in [2.24, 2.45) is 0 Å². The second-order valence-electron chi connectivity index (χ2n) is 6.47. The zero-order valence-electron chi connectivity index (χ0n) is 13.9. The van der Waals surface area contributed by atoms with Gasteiger partial charge in [-0.3, -0.25) is 9.59 Å². The van der Waals surface area contributed by atoms with Crippen molar-refractivity contribution >= 4 is 17.7 Å².